The summed E-state index contributed by atoms with van der Waals surface area (Å²) in [6.45, 7) is 0.485. The largest absolute Gasteiger partial charge is 0.493 e. The molecule has 0 fully saturated rings. The molecule has 5 heteroatoms. The lowest BCUT2D eigenvalue weighted by Crippen LogP contribution is -2.07. The van der Waals surface area contributed by atoms with Crippen LogP contribution in [-0.2, 0) is 6.42 Å². The fourth-order valence-electron chi connectivity index (χ4n) is 2.38. The fraction of sp³-hybridized carbons (Fsp3) is 0.200. The van der Waals surface area contributed by atoms with Gasteiger partial charge in [0.2, 0.25) is 0 Å². The first-order valence-electron chi connectivity index (χ1n) is 6.15. The van der Waals surface area contributed by atoms with E-state index in [0.717, 1.165) is 17.7 Å². The number of para-hydroxylation sites is 1. The van der Waals surface area contributed by atoms with Crippen LogP contribution in [0.4, 0.5) is 13.2 Å². The van der Waals surface area contributed by atoms with Crippen LogP contribution in [0.25, 0.3) is 0 Å². The van der Waals surface area contributed by atoms with E-state index in [1.807, 2.05) is 6.07 Å². The van der Waals surface area contributed by atoms with Gasteiger partial charge in [-0.2, -0.15) is 0 Å². The molecular weight excluding hydrogens is 269 g/mol. The molecule has 1 N–H and O–H groups in total. The Hall–Kier alpha value is -2.01. The minimum absolute atomic E-state index is 0.312. The van der Waals surface area contributed by atoms with E-state index in [-0.39, 0.29) is 5.56 Å². The molecule has 2 aromatic carbocycles. The lowest BCUT2D eigenvalue weighted by Gasteiger charge is -2.16. The van der Waals surface area contributed by atoms with Crippen LogP contribution in [0, 0.1) is 17.5 Å². The van der Waals surface area contributed by atoms with Crippen LogP contribution < -0.4 is 4.74 Å². The smallest absolute Gasteiger partial charge is 0.194 e. The average Bonchev–Trinajstić information content (AvgIpc) is 2.92. The van der Waals surface area contributed by atoms with Gasteiger partial charge in [0.25, 0.3) is 0 Å². The molecule has 1 aliphatic heterocycles. The lowest BCUT2D eigenvalue weighted by atomic mass is 9.97. The maximum absolute atomic E-state index is 13.7. The van der Waals surface area contributed by atoms with Crippen molar-refractivity contribution < 1.29 is 23.0 Å². The number of fused-ring (bicyclic) bond motifs is 1. The summed E-state index contributed by atoms with van der Waals surface area (Å²) >= 11 is 0. The maximum atomic E-state index is 13.7. The highest BCUT2D eigenvalue weighted by molar-refractivity contribution is 5.48. The molecule has 1 atom stereocenters. The summed E-state index contributed by atoms with van der Waals surface area (Å²) in [5, 5.41) is 10.2. The molecule has 1 aliphatic rings. The standard InChI is InChI=1S/C15H11F3O2/c16-11-5-4-9(12(17)13(11)18)14(19)10-3-1-2-8-6-7-20-15(8)10/h1-5,14,19H,6-7H2. The Labute approximate surface area is 113 Å². The van der Waals surface area contributed by atoms with Crippen molar-refractivity contribution in [2.45, 2.75) is 12.5 Å². The van der Waals surface area contributed by atoms with Crippen molar-refractivity contribution in [2.24, 2.45) is 0 Å². The zero-order chi connectivity index (χ0) is 14.3. The van der Waals surface area contributed by atoms with Gasteiger partial charge >= 0.3 is 0 Å². The Balaban J connectivity index is 2.08. The molecule has 0 aliphatic carbocycles. The number of halogens is 3. The van der Waals surface area contributed by atoms with Crippen molar-refractivity contribution in [1.29, 1.82) is 0 Å². The van der Waals surface area contributed by atoms with Gasteiger partial charge in [0.15, 0.2) is 17.5 Å². The number of aliphatic hydroxyl groups excluding tert-OH is 1. The third-order valence-corrected chi connectivity index (χ3v) is 3.40. The van der Waals surface area contributed by atoms with Crippen LogP contribution in [0.5, 0.6) is 5.75 Å². The molecular formula is C15H11F3O2. The third kappa shape index (κ3) is 1.94. The fourth-order valence-corrected chi connectivity index (χ4v) is 2.38. The monoisotopic (exact) mass is 280 g/mol. The highest BCUT2D eigenvalue weighted by atomic mass is 19.2. The van der Waals surface area contributed by atoms with Crippen LogP contribution in [-0.4, -0.2) is 11.7 Å². The summed E-state index contributed by atoms with van der Waals surface area (Å²) in [6, 6.07) is 6.97. The van der Waals surface area contributed by atoms with Gasteiger partial charge in [-0.25, -0.2) is 13.2 Å². The number of benzene rings is 2. The van der Waals surface area contributed by atoms with Gasteiger partial charge in [-0.15, -0.1) is 0 Å². The van der Waals surface area contributed by atoms with Gasteiger partial charge in [0.1, 0.15) is 11.9 Å². The molecule has 0 bridgehead atoms. The highest BCUT2D eigenvalue weighted by Gasteiger charge is 2.25. The van der Waals surface area contributed by atoms with Crippen LogP contribution in [0.2, 0.25) is 0 Å². The lowest BCUT2D eigenvalue weighted by molar-refractivity contribution is 0.206. The first-order chi connectivity index (χ1) is 9.59. The van der Waals surface area contributed by atoms with Gasteiger partial charge < -0.3 is 9.84 Å². The molecule has 0 amide bonds. The van der Waals surface area contributed by atoms with Crippen LogP contribution in [0.3, 0.4) is 0 Å². The van der Waals surface area contributed by atoms with Gasteiger partial charge in [0.05, 0.1) is 6.61 Å². The van der Waals surface area contributed by atoms with E-state index >= 15 is 0 Å². The van der Waals surface area contributed by atoms with Gasteiger partial charge in [0, 0.05) is 17.5 Å². The van der Waals surface area contributed by atoms with E-state index < -0.39 is 23.6 Å². The Morgan fingerprint density at radius 2 is 1.80 bits per heavy atom. The molecule has 0 saturated heterocycles. The van der Waals surface area contributed by atoms with Gasteiger partial charge in [-0.1, -0.05) is 24.3 Å². The zero-order valence-corrected chi connectivity index (χ0v) is 10.4. The Morgan fingerprint density at radius 1 is 1.00 bits per heavy atom. The van der Waals surface area contributed by atoms with E-state index in [9.17, 15) is 18.3 Å². The molecule has 3 rings (SSSR count). The molecule has 20 heavy (non-hydrogen) atoms. The summed E-state index contributed by atoms with van der Waals surface area (Å²) < 4.78 is 45.3. The van der Waals surface area contributed by atoms with Crippen LogP contribution in [0.15, 0.2) is 30.3 Å². The summed E-state index contributed by atoms with van der Waals surface area (Å²) in [5.41, 5.74) is 0.947. The summed E-state index contributed by atoms with van der Waals surface area (Å²) in [5.74, 6) is -3.76. The Bertz CT molecular complexity index is 670. The maximum Gasteiger partial charge on any atom is 0.194 e. The molecule has 0 aromatic heterocycles. The van der Waals surface area contributed by atoms with Crippen molar-refractivity contribution in [3.63, 3.8) is 0 Å². The summed E-state index contributed by atoms with van der Waals surface area (Å²) in [6.07, 6.45) is -0.700. The quantitative estimate of drug-likeness (QED) is 0.856. The van der Waals surface area contributed by atoms with Crippen molar-refractivity contribution in [2.75, 3.05) is 6.61 Å². The molecule has 104 valence electrons. The molecule has 2 nitrogen and oxygen atoms in total. The first-order valence-corrected chi connectivity index (χ1v) is 6.15. The van der Waals surface area contributed by atoms with Crippen molar-refractivity contribution in [1.82, 2.24) is 0 Å². The van der Waals surface area contributed by atoms with E-state index in [4.69, 9.17) is 4.74 Å². The number of hydrogen-bond acceptors (Lipinski definition) is 2. The average molecular weight is 280 g/mol. The minimum atomic E-state index is -1.59. The number of rotatable bonds is 2. The molecule has 0 radical (unpaired) electrons. The van der Waals surface area contributed by atoms with E-state index in [1.54, 1.807) is 12.1 Å². The van der Waals surface area contributed by atoms with Crippen LogP contribution in [0.1, 0.15) is 22.8 Å². The minimum Gasteiger partial charge on any atom is -0.493 e. The van der Waals surface area contributed by atoms with Crippen molar-refractivity contribution >= 4 is 0 Å². The molecule has 0 spiro atoms. The van der Waals surface area contributed by atoms with E-state index in [1.165, 1.54) is 0 Å². The second-order valence-electron chi connectivity index (χ2n) is 4.60. The Kier molecular flexibility index (Phi) is 3.14. The topological polar surface area (TPSA) is 29.5 Å². The second-order valence-corrected chi connectivity index (χ2v) is 4.60. The highest BCUT2D eigenvalue weighted by Crippen LogP contribution is 2.37. The number of aliphatic hydroxyl groups is 1. The first kappa shape index (κ1) is 13.0. The third-order valence-electron chi connectivity index (χ3n) is 3.40. The second kappa shape index (κ2) is 4.83. The predicted octanol–water partition coefficient (Wildman–Crippen LogP) is 3.12. The normalized spacial score (nSPS) is 14.8. The predicted molar refractivity (Wildman–Crippen MR) is 66.0 cm³/mol. The number of hydrogen-bond donors (Lipinski definition) is 1. The number of ether oxygens (including phenoxy) is 1. The molecule has 1 unspecified atom stereocenters. The van der Waals surface area contributed by atoms with Crippen LogP contribution >= 0.6 is 0 Å². The SMILES string of the molecule is OC(c1ccc(F)c(F)c1F)c1cccc2c1OCC2. The summed E-state index contributed by atoms with van der Waals surface area (Å²) in [7, 11) is 0. The zero-order valence-electron chi connectivity index (χ0n) is 10.4. The Morgan fingerprint density at radius 3 is 2.60 bits per heavy atom. The molecule has 1 heterocycles. The van der Waals surface area contributed by atoms with Gasteiger partial charge in [-0.05, 0) is 11.6 Å². The van der Waals surface area contributed by atoms with E-state index in [0.29, 0.717) is 24.3 Å². The molecule has 2 aromatic rings. The van der Waals surface area contributed by atoms with E-state index in [2.05, 4.69) is 0 Å². The van der Waals surface area contributed by atoms with Crippen molar-refractivity contribution in [3.8, 4) is 5.75 Å². The summed E-state index contributed by atoms with van der Waals surface area (Å²) in [4.78, 5) is 0. The van der Waals surface area contributed by atoms with Crippen molar-refractivity contribution in [3.05, 3.63) is 64.5 Å². The van der Waals surface area contributed by atoms with Gasteiger partial charge in [-0.3, -0.25) is 0 Å². The molecule has 0 saturated carbocycles.